The van der Waals surface area contributed by atoms with Gasteiger partial charge in [-0.2, -0.15) is 0 Å². The summed E-state index contributed by atoms with van der Waals surface area (Å²) in [4.78, 5) is 18.6. The van der Waals surface area contributed by atoms with Gasteiger partial charge in [0, 0.05) is 18.6 Å². The number of ether oxygens (including phenoxy) is 1. The number of hydrogen-bond acceptors (Lipinski definition) is 7. The van der Waals surface area contributed by atoms with Crippen LogP contribution in [0.5, 0.6) is 5.75 Å². The second kappa shape index (κ2) is 8.84. The molecule has 2 aromatic heterocycles. The Hall–Kier alpha value is -3.83. The number of fused-ring (bicyclic) bond motifs is 1. The zero-order valence-electron chi connectivity index (χ0n) is 17.7. The number of H-pyrrole nitrogens is 1. The molecule has 34 heavy (non-hydrogen) atoms. The van der Waals surface area contributed by atoms with Gasteiger partial charge in [-0.05, 0) is 37.8 Å². The zero-order chi connectivity index (χ0) is 23.8. The van der Waals surface area contributed by atoms with Gasteiger partial charge < -0.3 is 24.6 Å². The predicted molar refractivity (Wildman–Crippen MR) is 114 cm³/mol. The molecule has 178 valence electrons. The van der Waals surface area contributed by atoms with E-state index in [1.54, 1.807) is 18.2 Å². The topological polar surface area (TPSA) is 126 Å². The lowest BCUT2D eigenvalue weighted by Crippen LogP contribution is -2.27. The van der Waals surface area contributed by atoms with Gasteiger partial charge in [0.2, 0.25) is 0 Å². The van der Waals surface area contributed by atoms with Gasteiger partial charge in [0.1, 0.15) is 17.4 Å². The van der Waals surface area contributed by atoms with Crippen LogP contribution < -0.4 is 10.1 Å². The molecule has 0 saturated heterocycles. The first kappa shape index (κ1) is 22.0. The Labute approximate surface area is 190 Å². The Morgan fingerprint density at radius 1 is 1.18 bits per heavy atom. The van der Waals surface area contributed by atoms with Crippen LogP contribution in [0.25, 0.3) is 22.7 Å². The molecule has 1 unspecified atom stereocenters. The van der Waals surface area contributed by atoms with E-state index in [4.69, 9.17) is 14.3 Å². The maximum absolute atomic E-state index is 13.9. The number of benzene rings is 1. The van der Waals surface area contributed by atoms with Crippen molar-refractivity contribution in [2.24, 2.45) is 5.92 Å². The molecular weight excluding hydrogens is 455 g/mol. The number of anilines is 1. The number of nitrogens with one attached hydrogen (secondary N) is 2. The van der Waals surface area contributed by atoms with E-state index < -0.39 is 35.9 Å². The number of aromatic amines is 1. The van der Waals surface area contributed by atoms with Crippen molar-refractivity contribution in [3.63, 3.8) is 0 Å². The van der Waals surface area contributed by atoms with Crippen LogP contribution in [0.15, 0.2) is 46.2 Å². The summed E-state index contributed by atoms with van der Waals surface area (Å²) < 4.78 is 52.0. The van der Waals surface area contributed by atoms with Crippen molar-refractivity contribution >= 4 is 23.0 Å². The van der Waals surface area contributed by atoms with Gasteiger partial charge in [-0.25, -0.2) is 18.2 Å². The van der Waals surface area contributed by atoms with Crippen LogP contribution >= 0.6 is 0 Å². The summed E-state index contributed by atoms with van der Waals surface area (Å²) in [6.45, 7) is 0. The Morgan fingerprint density at radius 3 is 2.74 bits per heavy atom. The highest BCUT2D eigenvalue weighted by atomic mass is 19.2. The zero-order valence-corrected chi connectivity index (χ0v) is 17.7. The minimum atomic E-state index is -1.24. The number of carboxylic acid groups (broad SMARTS) is 1. The molecule has 1 saturated carbocycles. The molecule has 0 aliphatic heterocycles. The van der Waals surface area contributed by atoms with Crippen molar-refractivity contribution in [2.45, 2.75) is 44.2 Å². The highest BCUT2D eigenvalue weighted by Gasteiger charge is 2.28. The van der Waals surface area contributed by atoms with Gasteiger partial charge in [0.05, 0.1) is 29.1 Å². The first-order valence-electron chi connectivity index (χ1n) is 10.8. The highest BCUT2D eigenvalue weighted by Crippen LogP contribution is 2.31. The molecule has 2 aliphatic carbocycles. The van der Waals surface area contributed by atoms with Crippen molar-refractivity contribution in [3.8, 4) is 17.5 Å². The third kappa shape index (κ3) is 4.47. The Bertz CT molecular complexity index is 1290. The number of imidazole rings is 1. The molecule has 3 aromatic rings. The van der Waals surface area contributed by atoms with E-state index in [-0.39, 0.29) is 29.8 Å². The Morgan fingerprint density at radius 2 is 1.97 bits per heavy atom. The molecule has 0 spiro atoms. The molecular formula is C22H20F3N5O4. The van der Waals surface area contributed by atoms with E-state index in [1.807, 2.05) is 0 Å². The van der Waals surface area contributed by atoms with E-state index in [0.29, 0.717) is 48.5 Å². The van der Waals surface area contributed by atoms with E-state index in [2.05, 4.69) is 25.5 Å². The van der Waals surface area contributed by atoms with E-state index in [9.17, 15) is 18.0 Å². The average molecular weight is 475 g/mol. The predicted octanol–water partition coefficient (Wildman–Crippen LogP) is 4.82. The fourth-order valence-corrected chi connectivity index (χ4v) is 4.10. The molecule has 5 rings (SSSR count). The summed E-state index contributed by atoms with van der Waals surface area (Å²) in [5, 5.41) is 19.3. The molecule has 9 nitrogen and oxygen atoms in total. The summed E-state index contributed by atoms with van der Waals surface area (Å²) in [7, 11) is 0. The summed E-state index contributed by atoms with van der Waals surface area (Å²) >= 11 is 0. The molecule has 2 aliphatic rings. The van der Waals surface area contributed by atoms with Crippen molar-refractivity contribution < 1.29 is 32.2 Å². The van der Waals surface area contributed by atoms with Crippen molar-refractivity contribution in [2.75, 3.05) is 5.32 Å². The van der Waals surface area contributed by atoms with Crippen LogP contribution in [-0.4, -0.2) is 43.4 Å². The molecule has 0 amide bonds. The SMILES string of the molecule is O=C(O)[C@H]1CC[C@H](Oc2ccc3nc(-c4nnc(NC5CC(F)=C(F)C=C5F)o4)[nH]c3c2)CC1. The minimum Gasteiger partial charge on any atom is -0.490 e. The van der Waals surface area contributed by atoms with Crippen molar-refractivity contribution in [1.29, 1.82) is 0 Å². The summed E-state index contributed by atoms with van der Waals surface area (Å²) in [5.74, 6) is -3.34. The van der Waals surface area contributed by atoms with Crippen molar-refractivity contribution in [1.82, 2.24) is 20.2 Å². The second-order valence-electron chi connectivity index (χ2n) is 8.29. The number of aliphatic carboxylic acids is 1. The normalized spacial score (nSPS) is 23.1. The third-order valence-corrected chi connectivity index (χ3v) is 5.94. The molecule has 3 N–H and O–H groups in total. The smallest absolute Gasteiger partial charge is 0.316 e. The first-order chi connectivity index (χ1) is 16.4. The number of carboxylic acids is 1. The molecule has 1 atom stereocenters. The number of rotatable bonds is 6. The first-order valence-corrected chi connectivity index (χ1v) is 10.8. The van der Waals surface area contributed by atoms with Gasteiger partial charge in [-0.1, -0.05) is 5.10 Å². The number of nitrogens with zero attached hydrogens (tertiary/aromatic N) is 3. The number of halogens is 3. The minimum absolute atomic E-state index is 0.0237. The average Bonchev–Trinajstić information content (AvgIpc) is 3.44. The highest BCUT2D eigenvalue weighted by molar-refractivity contribution is 5.79. The molecule has 2 heterocycles. The molecule has 1 aromatic carbocycles. The molecule has 0 bridgehead atoms. The van der Waals surface area contributed by atoms with Crippen LogP contribution in [0.3, 0.4) is 0 Å². The number of aromatic nitrogens is 4. The van der Waals surface area contributed by atoms with E-state index in [1.165, 1.54) is 0 Å². The fourth-order valence-electron chi connectivity index (χ4n) is 4.10. The fraction of sp³-hybridized carbons (Fsp3) is 0.364. The molecule has 0 radical (unpaired) electrons. The van der Waals surface area contributed by atoms with Crippen LogP contribution in [0.1, 0.15) is 32.1 Å². The maximum atomic E-state index is 13.9. The lowest BCUT2D eigenvalue weighted by Gasteiger charge is -2.26. The summed E-state index contributed by atoms with van der Waals surface area (Å²) in [6.07, 6.45) is 2.42. The van der Waals surface area contributed by atoms with Crippen LogP contribution in [0.2, 0.25) is 0 Å². The van der Waals surface area contributed by atoms with Crippen LogP contribution in [-0.2, 0) is 4.79 Å². The molecule has 12 heteroatoms. The Kier molecular flexibility index (Phi) is 5.72. The lowest BCUT2D eigenvalue weighted by atomic mass is 9.87. The number of carbonyl (C=O) groups is 1. The van der Waals surface area contributed by atoms with Gasteiger partial charge >= 0.3 is 12.0 Å². The van der Waals surface area contributed by atoms with Gasteiger partial charge in [0.15, 0.2) is 11.7 Å². The standard InChI is InChI=1S/C22H20F3N5O4/c23-13-8-15(25)17(9-14(13)24)28-22-30-29-20(34-22)19-26-16-6-5-12(7-18(16)27-19)33-11-3-1-10(2-4-11)21(31)32/h5-8,10-11,17H,1-4,9H2,(H,26,27)(H,28,30)(H,31,32)/t10-,11-,17?. The van der Waals surface area contributed by atoms with Gasteiger partial charge in [-0.15, -0.1) is 5.10 Å². The lowest BCUT2D eigenvalue weighted by molar-refractivity contribution is -0.143. The largest absolute Gasteiger partial charge is 0.490 e. The Balaban J connectivity index is 1.26. The van der Waals surface area contributed by atoms with E-state index in [0.717, 1.165) is 0 Å². The van der Waals surface area contributed by atoms with Gasteiger partial charge in [0.25, 0.3) is 5.89 Å². The van der Waals surface area contributed by atoms with E-state index >= 15 is 0 Å². The summed E-state index contributed by atoms with van der Waals surface area (Å²) in [6, 6.07) is 3.98. The number of allylic oxidation sites excluding steroid dienone is 2. The molecule has 1 fully saturated rings. The van der Waals surface area contributed by atoms with Crippen LogP contribution in [0, 0.1) is 5.92 Å². The number of hydrogen-bond donors (Lipinski definition) is 3. The van der Waals surface area contributed by atoms with Crippen molar-refractivity contribution in [3.05, 3.63) is 41.8 Å². The maximum Gasteiger partial charge on any atom is 0.316 e. The monoisotopic (exact) mass is 475 g/mol. The quantitative estimate of drug-likeness (QED) is 0.463. The third-order valence-electron chi connectivity index (χ3n) is 5.94. The summed E-state index contributed by atoms with van der Waals surface area (Å²) in [5.41, 5.74) is 1.27. The second-order valence-corrected chi connectivity index (χ2v) is 8.29. The van der Waals surface area contributed by atoms with Gasteiger partial charge in [-0.3, -0.25) is 4.79 Å². The van der Waals surface area contributed by atoms with Crippen LogP contribution in [0.4, 0.5) is 19.2 Å².